The highest BCUT2D eigenvalue weighted by Crippen LogP contribution is 2.21. The Morgan fingerprint density at radius 1 is 1.29 bits per heavy atom. The zero-order chi connectivity index (χ0) is 15.4. The average Bonchev–Trinajstić information content (AvgIpc) is 2.77. The molecule has 0 spiro atoms. The minimum absolute atomic E-state index is 0.160. The third-order valence-corrected chi connectivity index (χ3v) is 4.07. The second-order valence-electron chi connectivity index (χ2n) is 4.68. The van der Waals surface area contributed by atoms with Crippen LogP contribution in [-0.4, -0.2) is 22.0 Å². The first-order chi connectivity index (χ1) is 9.97. The molecule has 0 saturated heterocycles. The van der Waals surface area contributed by atoms with Crippen LogP contribution >= 0.6 is 11.3 Å². The molecule has 0 aliphatic heterocycles. The maximum absolute atomic E-state index is 12.3. The van der Waals surface area contributed by atoms with Crippen molar-refractivity contribution in [3.8, 4) is 0 Å². The van der Waals surface area contributed by atoms with Crippen molar-refractivity contribution < 1.29 is 14.7 Å². The third-order valence-electron chi connectivity index (χ3n) is 3.00. The minimum Gasteiger partial charge on any atom is -0.481 e. The maximum atomic E-state index is 12.3. The minimum atomic E-state index is -0.957. The largest absolute Gasteiger partial charge is 0.481 e. The van der Waals surface area contributed by atoms with Gasteiger partial charge in [0, 0.05) is 0 Å². The van der Waals surface area contributed by atoms with E-state index < -0.39 is 12.0 Å². The number of nitrogens with zero attached hydrogens (tertiary/aromatic N) is 1. The van der Waals surface area contributed by atoms with Gasteiger partial charge in [-0.3, -0.25) is 9.59 Å². The van der Waals surface area contributed by atoms with Crippen molar-refractivity contribution in [3.63, 3.8) is 0 Å². The van der Waals surface area contributed by atoms with E-state index in [0.29, 0.717) is 10.6 Å². The van der Waals surface area contributed by atoms with Crippen molar-refractivity contribution in [2.45, 2.75) is 26.3 Å². The predicted octanol–water partition coefficient (Wildman–Crippen LogP) is 2.71. The molecule has 110 valence electrons. The summed E-state index contributed by atoms with van der Waals surface area (Å²) < 4.78 is 0. The van der Waals surface area contributed by atoms with Gasteiger partial charge in [0.05, 0.1) is 23.2 Å². The molecule has 2 aromatic rings. The molecular formula is C15H16N2O3S. The standard InChI is InChI=1S/C15H16N2O3S/c1-9-14(21-10(2)16-9)15(20)17-12(8-13(18)19)11-6-4-3-5-7-11/h3-7,12H,8H2,1-2H3,(H,17,20)(H,18,19). The number of aromatic nitrogens is 1. The first-order valence-corrected chi connectivity index (χ1v) is 7.30. The maximum Gasteiger partial charge on any atom is 0.305 e. The van der Waals surface area contributed by atoms with Crippen LogP contribution in [-0.2, 0) is 4.79 Å². The second kappa shape index (κ2) is 6.49. The van der Waals surface area contributed by atoms with E-state index in [9.17, 15) is 9.59 Å². The molecule has 1 unspecified atom stereocenters. The summed E-state index contributed by atoms with van der Waals surface area (Å²) in [5.74, 6) is -1.24. The van der Waals surface area contributed by atoms with Gasteiger partial charge in [0.15, 0.2) is 0 Å². The van der Waals surface area contributed by atoms with Crippen molar-refractivity contribution in [2.75, 3.05) is 0 Å². The van der Waals surface area contributed by atoms with Crippen molar-refractivity contribution in [3.05, 3.63) is 51.5 Å². The number of hydrogen-bond donors (Lipinski definition) is 2. The topological polar surface area (TPSA) is 79.3 Å². The van der Waals surface area contributed by atoms with Crippen molar-refractivity contribution in [2.24, 2.45) is 0 Å². The Balaban J connectivity index is 2.21. The number of carbonyl (C=O) groups is 2. The van der Waals surface area contributed by atoms with Gasteiger partial charge in [-0.2, -0.15) is 0 Å². The molecule has 0 aliphatic carbocycles. The monoisotopic (exact) mass is 304 g/mol. The molecule has 1 heterocycles. The number of thiazole rings is 1. The molecule has 0 fully saturated rings. The first kappa shape index (κ1) is 15.2. The first-order valence-electron chi connectivity index (χ1n) is 6.49. The number of carbonyl (C=O) groups excluding carboxylic acids is 1. The summed E-state index contributed by atoms with van der Waals surface area (Å²) >= 11 is 1.31. The van der Waals surface area contributed by atoms with Crippen molar-refractivity contribution in [1.82, 2.24) is 10.3 Å². The smallest absolute Gasteiger partial charge is 0.305 e. The van der Waals surface area contributed by atoms with Crippen LogP contribution in [0.5, 0.6) is 0 Å². The lowest BCUT2D eigenvalue weighted by atomic mass is 10.0. The van der Waals surface area contributed by atoms with Gasteiger partial charge in [-0.25, -0.2) is 4.98 Å². The Morgan fingerprint density at radius 2 is 1.95 bits per heavy atom. The van der Waals surface area contributed by atoms with Gasteiger partial charge in [0.2, 0.25) is 0 Å². The summed E-state index contributed by atoms with van der Waals surface area (Å²) in [7, 11) is 0. The lowest BCUT2D eigenvalue weighted by Gasteiger charge is -2.17. The Morgan fingerprint density at radius 3 is 2.48 bits per heavy atom. The fourth-order valence-corrected chi connectivity index (χ4v) is 2.90. The summed E-state index contributed by atoms with van der Waals surface area (Å²) in [5.41, 5.74) is 1.43. The quantitative estimate of drug-likeness (QED) is 0.890. The molecule has 5 nitrogen and oxygen atoms in total. The van der Waals surface area contributed by atoms with Crippen LogP contribution in [0.1, 0.15) is 38.4 Å². The van der Waals surface area contributed by atoms with E-state index in [4.69, 9.17) is 5.11 Å². The SMILES string of the molecule is Cc1nc(C)c(C(=O)NC(CC(=O)O)c2ccccc2)s1. The van der Waals surface area contributed by atoms with Crippen LogP contribution in [0.25, 0.3) is 0 Å². The van der Waals surface area contributed by atoms with Crippen molar-refractivity contribution >= 4 is 23.2 Å². The molecule has 2 rings (SSSR count). The van der Waals surface area contributed by atoms with Crippen LogP contribution in [0.3, 0.4) is 0 Å². The molecular weight excluding hydrogens is 288 g/mol. The zero-order valence-corrected chi connectivity index (χ0v) is 12.6. The van der Waals surface area contributed by atoms with Crippen LogP contribution in [0.2, 0.25) is 0 Å². The Bertz CT molecular complexity index is 652. The molecule has 0 saturated carbocycles. The van der Waals surface area contributed by atoms with E-state index in [0.717, 1.165) is 10.6 Å². The summed E-state index contributed by atoms with van der Waals surface area (Å²) in [6.07, 6.45) is -0.160. The average molecular weight is 304 g/mol. The summed E-state index contributed by atoms with van der Waals surface area (Å²) in [5, 5.41) is 12.6. The lowest BCUT2D eigenvalue weighted by Crippen LogP contribution is -2.30. The molecule has 1 aromatic carbocycles. The van der Waals surface area contributed by atoms with E-state index >= 15 is 0 Å². The molecule has 0 aliphatic rings. The number of aliphatic carboxylic acids is 1. The number of carboxylic acids is 1. The Kier molecular flexibility index (Phi) is 4.70. The molecule has 2 N–H and O–H groups in total. The molecule has 1 atom stereocenters. The van der Waals surface area contributed by atoms with Gasteiger partial charge in [0.25, 0.3) is 5.91 Å². The molecule has 0 bridgehead atoms. The van der Waals surface area contributed by atoms with Gasteiger partial charge < -0.3 is 10.4 Å². The van der Waals surface area contributed by atoms with Gasteiger partial charge in [-0.1, -0.05) is 30.3 Å². The van der Waals surface area contributed by atoms with E-state index in [1.807, 2.05) is 25.1 Å². The van der Waals surface area contributed by atoms with E-state index in [1.165, 1.54) is 11.3 Å². The van der Waals surface area contributed by atoms with E-state index in [-0.39, 0.29) is 12.3 Å². The lowest BCUT2D eigenvalue weighted by molar-refractivity contribution is -0.137. The molecule has 1 amide bonds. The summed E-state index contributed by atoms with van der Waals surface area (Å²) in [4.78, 5) is 28.1. The second-order valence-corrected chi connectivity index (χ2v) is 5.89. The molecule has 0 radical (unpaired) electrons. The zero-order valence-electron chi connectivity index (χ0n) is 11.8. The number of hydrogen-bond acceptors (Lipinski definition) is 4. The van der Waals surface area contributed by atoms with Crippen LogP contribution < -0.4 is 5.32 Å². The van der Waals surface area contributed by atoms with Gasteiger partial charge in [0.1, 0.15) is 4.88 Å². The number of nitrogens with one attached hydrogen (secondary N) is 1. The number of aryl methyl sites for hydroxylation is 2. The number of amides is 1. The Labute approximate surface area is 126 Å². The van der Waals surface area contributed by atoms with Gasteiger partial charge >= 0.3 is 5.97 Å². The predicted molar refractivity (Wildman–Crippen MR) is 80.5 cm³/mol. The van der Waals surface area contributed by atoms with Crippen molar-refractivity contribution in [1.29, 1.82) is 0 Å². The van der Waals surface area contributed by atoms with Crippen LogP contribution in [0.4, 0.5) is 0 Å². The number of rotatable bonds is 5. The highest BCUT2D eigenvalue weighted by atomic mass is 32.1. The third kappa shape index (κ3) is 3.88. The summed E-state index contributed by atoms with van der Waals surface area (Å²) in [6, 6.07) is 8.53. The van der Waals surface area contributed by atoms with Crippen LogP contribution in [0, 0.1) is 13.8 Å². The van der Waals surface area contributed by atoms with Gasteiger partial charge in [-0.15, -0.1) is 11.3 Å². The summed E-state index contributed by atoms with van der Waals surface area (Å²) in [6.45, 7) is 3.60. The van der Waals surface area contributed by atoms with Crippen LogP contribution in [0.15, 0.2) is 30.3 Å². The van der Waals surface area contributed by atoms with Gasteiger partial charge in [-0.05, 0) is 19.4 Å². The normalized spacial score (nSPS) is 11.9. The molecule has 1 aromatic heterocycles. The number of carboxylic acid groups (broad SMARTS) is 1. The fraction of sp³-hybridized carbons (Fsp3) is 0.267. The van der Waals surface area contributed by atoms with E-state index in [1.54, 1.807) is 19.1 Å². The molecule has 21 heavy (non-hydrogen) atoms. The fourth-order valence-electron chi connectivity index (χ4n) is 2.08. The Hall–Kier alpha value is -2.21. The van der Waals surface area contributed by atoms with E-state index in [2.05, 4.69) is 10.3 Å². The highest BCUT2D eigenvalue weighted by molar-refractivity contribution is 7.13. The number of benzene rings is 1. The molecule has 6 heteroatoms. The highest BCUT2D eigenvalue weighted by Gasteiger charge is 2.21.